The number of hydrogen-bond acceptors (Lipinski definition) is 2. The lowest BCUT2D eigenvalue weighted by atomic mass is 9.76. The van der Waals surface area contributed by atoms with Gasteiger partial charge in [-0.2, -0.15) is 0 Å². The minimum Gasteiger partial charge on any atom is -0.295 e. The first kappa shape index (κ1) is 41.0. The number of aryl methyl sites for hydroxylation is 3. The van der Waals surface area contributed by atoms with Gasteiger partial charge in [0.15, 0.2) is 0 Å². The smallest absolute Gasteiger partial charge is 0.146 e. The van der Waals surface area contributed by atoms with E-state index in [1.165, 1.54) is 113 Å². The van der Waals surface area contributed by atoms with Crippen LogP contribution < -0.4 is 0 Å². The van der Waals surface area contributed by atoms with Crippen molar-refractivity contribution in [3.63, 3.8) is 0 Å². The summed E-state index contributed by atoms with van der Waals surface area (Å²) in [7, 11) is 0. The summed E-state index contributed by atoms with van der Waals surface area (Å²) >= 11 is 0. The number of fused-ring (bicyclic) bond motifs is 16. The fourth-order valence-corrected chi connectivity index (χ4v) is 14.4. The molecule has 4 heteroatoms. The van der Waals surface area contributed by atoms with Gasteiger partial charge < -0.3 is 0 Å². The molecule has 1 saturated carbocycles. The van der Waals surface area contributed by atoms with Gasteiger partial charge in [-0.15, -0.1) is 0 Å². The molecule has 334 valence electrons. The zero-order valence-electron chi connectivity index (χ0n) is 41.1. The van der Waals surface area contributed by atoms with Gasteiger partial charge in [0.05, 0.1) is 27.8 Å². The quantitative estimate of drug-likeness (QED) is 0.173. The van der Waals surface area contributed by atoms with Crippen LogP contribution in [-0.2, 0) is 33.5 Å². The van der Waals surface area contributed by atoms with Gasteiger partial charge in [-0.05, 0) is 166 Å². The van der Waals surface area contributed by atoms with Crippen molar-refractivity contribution in [2.75, 3.05) is 0 Å². The summed E-state index contributed by atoms with van der Waals surface area (Å²) in [5.41, 5.74) is 23.5. The van der Waals surface area contributed by atoms with Crippen LogP contribution in [0.1, 0.15) is 132 Å². The molecular formula is C63H62N4. The van der Waals surface area contributed by atoms with Gasteiger partial charge in [-0.25, -0.2) is 9.97 Å². The van der Waals surface area contributed by atoms with Gasteiger partial charge in [-0.1, -0.05) is 140 Å². The SMILES string of the molecule is Cc1cccc(C)c1-c1cc2ccc(CCC3(C)CC(C)(C)c4cc5c(cc43)nc3c4ccccc4c(-c4ccccc4)c(C(C)(C)C)n53)cc2c2nc3cc4c(cc3n12)C1(C)CCC4(C)C1. The van der Waals surface area contributed by atoms with Crippen molar-refractivity contribution < 1.29 is 0 Å². The second-order valence-corrected chi connectivity index (χ2v) is 23.8. The molecule has 0 aliphatic heterocycles. The molecule has 6 aromatic carbocycles. The lowest BCUT2D eigenvalue weighted by Gasteiger charge is -2.28. The zero-order valence-corrected chi connectivity index (χ0v) is 41.1. The Balaban J connectivity index is 0.946. The molecule has 4 heterocycles. The van der Waals surface area contributed by atoms with Gasteiger partial charge in [0.25, 0.3) is 0 Å². The maximum absolute atomic E-state index is 5.61. The lowest BCUT2D eigenvalue weighted by molar-refractivity contribution is 0.355. The highest BCUT2D eigenvalue weighted by atomic mass is 15.0. The van der Waals surface area contributed by atoms with Gasteiger partial charge in [0.1, 0.15) is 11.3 Å². The number of imidazole rings is 2. The van der Waals surface area contributed by atoms with E-state index in [-0.39, 0.29) is 27.1 Å². The van der Waals surface area contributed by atoms with Crippen LogP contribution in [0.25, 0.3) is 77.3 Å². The third kappa shape index (κ3) is 5.71. The van der Waals surface area contributed by atoms with E-state index in [2.05, 4.69) is 199 Å². The number of nitrogens with zero attached hydrogens (tertiary/aromatic N) is 4. The predicted octanol–water partition coefficient (Wildman–Crippen LogP) is 16.1. The summed E-state index contributed by atoms with van der Waals surface area (Å²) < 4.78 is 5.04. The molecule has 13 rings (SSSR count). The maximum Gasteiger partial charge on any atom is 0.146 e. The van der Waals surface area contributed by atoms with Gasteiger partial charge >= 0.3 is 0 Å². The minimum absolute atomic E-state index is 0.00688. The fraction of sp³-hybridized carbons (Fsp3) is 0.333. The van der Waals surface area contributed by atoms with Gasteiger partial charge in [0, 0.05) is 33.0 Å². The number of rotatable bonds is 5. The Labute approximate surface area is 395 Å². The van der Waals surface area contributed by atoms with Gasteiger partial charge in [-0.3, -0.25) is 8.80 Å². The zero-order chi connectivity index (χ0) is 46.2. The predicted molar refractivity (Wildman–Crippen MR) is 281 cm³/mol. The van der Waals surface area contributed by atoms with Crippen LogP contribution in [0.15, 0.2) is 121 Å². The minimum atomic E-state index is -0.143. The molecule has 3 atom stereocenters. The molecule has 4 aromatic heterocycles. The Kier molecular flexibility index (Phi) is 8.23. The van der Waals surface area contributed by atoms with Crippen molar-refractivity contribution in [2.24, 2.45) is 0 Å². The van der Waals surface area contributed by atoms with E-state index in [1.807, 2.05) is 0 Å². The Bertz CT molecular complexity index is 3760. The molecule has 0 radical (unpaired) electrons. The number of pyridine rings is 2. The van der Waals surface area contributed by atoms with Crippen LogP contribution in [0.5, 0.6) is 0 Å². The van der Waals surface area contributed by atoms with Crippen molar-refractivity contribution in [3.05, 3.63) is 166 Å². The summed E-state index contributed by atoms with van der Waals surface area (Å²) in [4.78, 5) is 11.2. The first-order valence-corrected chi connectivity index (χ1v) is 24.9. The summed E-state index contributed by atoms with van der Waals surface area (Å²) in [6.07, 6.45) is 6.92. The molecule has 67 heavy (non-hydrogen) atoms. The molecule has 4 nitrogen and oxygen atoms in total. The van der Waals surface area contributed by atoms with Crippen molar-refractivity contribution in [1.82, 2.24) is 18.8 Å². The first-order valence-electron chi connectivity index (χ1n) is 24.9. The lowest BCUT2D eigenvalue weighted by Crippen LogP contribution is -2.22. The van der Waals surface area contributed by atoms with E-state index in [0.717, 1.165) is 41.6 Å². The molecule has 0 amide bonds. The molecule has 0 spiro atoms. The average Bonchev–Trinajstić information content (AvgIpc) is 4.05. The van der Waals surface area contributed by atoms with E-state index in [4.69, 9.17) is 9.97 Å². The van der Waals surface area contributed by atoms with Crippen molar-refractivity contribution in [3.8, 4) is 22.4 Å². The Hall–Kier alpha value is -6.26. The topological polar surface area (TPSA) is 34.6 Å². The monoisotopic (exact) mass is 874 g/mol. The second-order valence-electron chi connectivity index (χ2n) is 23.8. The summed E-state index contributed by atoms with van der Waals surface area (Å²) in [5, 5.41) is 4.95. The third-order valence-electron chi connectivity index (χ3n) is 17.4. The highest BCUT2D eigenvalue weighted by molar-refractivity contribution is 6.07. The van der Waals surface area contributed by atoms with E-state index < -0.39 is 0 Å². The summed E-state index contributed by atoms with van der Waals surface area (Å²) in [6, 6.07) is 46.3. The van der Waals surface area contributed by atoms with Gasteiger partial charge in [0.2, 0.25) is 0 Å². The number of aromatic nitrogens is 4. The number of hydrogen-bond donors (Lipinski definition) is 0. The molecular weight excluding hydrogens is 813 g/mol. The maximum atomic E-state index is 5.61. The molecule has 3 unspecified atom stereocenters. The molecule has 0 N–H and O–H groups in total. The molecule has 3 aliphatic carbocycles. The van der Waals surface area contributed by atoms with E-state index in [9.17, 15) is 0 Å². The molecule has 3 aliphatic rings. The molecule has 1 fully saturated rings. The highest BCUT2D eigenvalue weighted by Gasteiger charge is 2.53. The van der Waals surface area contributed by atoms with E-state index in [0.29, 0.717) is 0 Å². The molecule has 2 bridgehead atoms. The fourth-order valence-electron chi connectivity index (χ4n) is 14.4. The highest BCUT2D eigenvalue weighted by Crippen LogP contribution is 2.61. The van der Waals surface area contributed by atoms with E-state index >= 15 is 0 Å². The van der Waals surface area contributed by atoms with Crippen LogP contribution in [0.3, 0.4) is 0 Å². The Morgan fingerprint density at radius 2 is 1.16 bits per heavy atom. The van der Waals surface area contributed by atoms with E-state index in [1.54, 1.807) is 5.56 Å². The largest absolute Gasteiger partial charge is 0.295 e. The number of benzene rings is 6. The second kappa shape index (κ2) is 13.5. The van der Waals surface area contributed by atoms with Crippen LogP contribution in [0.4, 0.5) is 0 Å². The van der Waals surface area contributed by atoms with Crippen molar-refractivity contribution in [2.45, 2.75) is 135 Å². The van der Waals surface area contributed by atoms with Crippen molar-refractivity contribution in [1.29, 1.82) is 0 Å². The normalized spacial score (nSPS) is 22.1. The molecule has 10 aromatic rings. The van der Waals surface area contributed by atoms with Crippen LogP contribution in [0, 0.1) is 13.8 Å². The Morgan fingerprint density at radius 3 is 1.87 bits per heavy atom. The van der Waals surface area contributed by atoms with Crippen LogP contribution in [0.2, 0.25) is 0 Å². The Morgan fingerprint density at radius 1 is 0.552 bits per heavy atom. The first-order chi connectivity index (χ1) is 31.9. The van der Waals surface area contributed by atoms with Crippen LogP contribution >= 0.6 is 0 Å². The van der Waals surface area contributed by atoms with Crippen LogP contribution in [-0.4, -0.2) is 18.8 Å². The van der Waals surface area contributed by atoms with Crippen molar-refractivity contribution >= 4 is 54.9 Å². The summed E-state index contributed by atoms with van der Waals surface area (Å²) in [5.74, 6) is 0. The summed E-state index contributed by atoms with van der Waals surface area (Å²) in [6.45, 7) is 24.0. The molecule has 0 saturated heterocycles. The average molecular weight is 875 g/mol. The standard InChI is InChI=1S/C63H62N4/c1-37-17-16-18-38(2)54(37)53-30-41-24-23-39(29-44(41)58-65-49-32-47-48(34-51(49)66(53)58)63(10)28-27-62(47,9)36-63)25-26-61(8)35-60(6,7)45-33-52-50(31-46(45)61)64-57-43-22-15-14-21-42(43)55(40-19-12-11-13-20-40)56(67(52)57)59(3,4)5/h11-24,29-34H,25-28,35-36H2,1-10H3. The third-order valence-corrected chi connectivity index (χ3v) is 17.4.